The van der Waals surface area contributed by atoms with Gasteiger partial charge in [0.25, 0.3) is 0 Å². The summed E-state index contributed by atoms with van der Waals surface area (Å²) < 4.78 is 44.7. The summed E-state index contributed by atoms with van der Waals surface area (Å²) in [6.07, 6.45) is 2.70. The number of hydrogen-bond acceptors (Lipinski definition) is 6. The van der Waals surface area contributed by atoms with Gasteiger partial charge in [0.2, 0.25) is 10.0 Å². The number of benzene rings is 3. The Labute approximate surface area is 220 Å². The van der Waals surface area contributed by atoms with E-state index in [0.717, 1.165) is 35.1 Å². The molecule has 0 saturated heterocycles. The van der Waals surface area contributed by atoms with E-state index < -0.39 is 10.0 Å². The molecule has 3 heterocycles. The van der Waals surface area contributed by atoms with Crippen LogP contribution in [0.4, 0.5) is 0 Å². The average Bonchev–Trinajstić information content (AvgIpc) is 3.51. The summed E-state index contributed by atoms with van der Waals surface area (Å²) in [6.45, 7) is 3.61. The highest BCUT2D eigenvalue weighted by molar-refractivity contribution is 7.89. The highest BCUT2D eigenvalue weighted by Crippen LogP contribution is 2.36. The molecule has 37 heavy (non-hydrogen) atoms. The molecule has 0 saturated carbocycles. The molecule has 0 aliphatic carbocycles. The first kappa shape index (κ1) is 23.8. The van der Waals surface area contributed by atoms with Crippen LogP contribution in [-0.2, 0) is 16.6 Å². The van der Waals surface area contributed by atoms with Gasteiger partial charge in [-0.25, -0.2) is 8.42 Å². The smallest absolute Gasteiger partial charge is 0.245 e. The minimum Gasteiger partial charge on any atom is -0.497 e. The van der Waals surface area contributed by atoms with Crippen molar-refractivity contribution in [2.45, 2.75) is 24.8 Å². The fourth-order valence-corrected chi connectivity index (χ4v) is 7.35. The van der Waals surface area contributed by atoms with E-state index in [1.165, 1.54) is 26.5 Å². The fourth-order valence-electron chi connectivity index (χ4n) is 5.22. The van der Waals surface area contributed by atoms with Gasteiger partial charge in [0.05, 0.1) is 18.8 Å². The number of sulfonamides is 1. The van der Waals surface area contributed by atoms with Crippen LogP contribution in [0.1, 0.15) is 23.2 Å². The van der Waals surface area contributed by atoms with Crippen molar-refractivity contribution in [1.82, 2.24) is 17.6 Å². The van der Waals surface area contributed by atoms with Crippen LogP contribution in [-0.4, -0.2) is 46.2 Å². The van der Waals surface area contributed by atoms with E-state index in [0.29, 0.717) is 30.5 Å². The van der Waals surface area contributed by atoms with E-state index in [9.17, 15) is 8.42 Å². The van der Waals surface area contributed by atoms with Crippen LogP contribution in [0.15, 0.2) is 77.7 Å². The Hall–Kier alpha value is -3.53. The van der Waals surface area contributed by atoms with Crippen molar-refractivity contribution < 1.29 is 13.2 Å². The first-order valence-corrected chi connectivity index (χ1v) is 14.3. The topological polar surface area (TPSA) is 77.3 Å². The van der Waals surface area contributed by atoms with Gasteiger partial charge in [-0.15, -0.1) is 0 Å². The maximum absolute atomic E-state index is 13.5. The Bertz CT molecular complexity index is 1770. The molecule has 1 aliphatic heterocycles. The molecule has 0 N–H and O–H groups in total. The van der Waals surface area contributed by atoms with Crippen molar-refractivity contribution in [2.24, 2.45) is 0 Å². The van der Waals surface area contributed by atoms with Crippen molar-refractivity contribution in [3.63, 3.8) is 0 Å². The maximum atomic E-state index is 13.5. The minimum atomic E-state index is -3.68. The largest absolute Gasteiger partial charge is 0.497 e. The highest BCUT2D eigenvalue weighted by Gasteiger charge is 2.30. The fraction of sp³-hybridized carbons (Fsp3) is 0.214. The van der Waals surface area contributed by atoms with Gasteiger partial charge in [0.1, 0.15) is 21.7 Å². The summed E-state index contributed by atoms with van der Waals surface area (Å²) >= 11 is 1.03. The average molecular weight is 531 g/mol. The molecule has 0 unspecified atom stereocenters. The third-order valence-corrected chi connectivity index (χ3v) is 9.50. The Balaban J connectivity index is 1.35. The standard InChI is InChI=1S/C28H26N4O3S2/c1-19-27(23-9-3-4-11-25(23)32(19)18-20-7-5-8-22(17-20)35-2)21-13-15-31(16-14-21)37(33,34)26-12-6-10-24-28(26)30-36-29-24/h3-13,17H,14-16,18H2,1-2H3. The number of aromatic nitrogens is 3. The third-order valence-electron chi connectivity index (χ3n) is 7.07. The van der Waals surface area contributed by atoms with Crippen molar-refractivity contribution in [2.75, 3.05) is 20.2 Å². The van der Waals surface area contributed by atoms with Gasteiger partial charge in [0, 0.05) is 41.8 Å². The SMILES string of the molecule is COc1cccc(Cn2c(C)c(C3=CCN(S(=O)(=O)c4cccc5nsnc45)CC3)c3ccccc32)c1. The van der Waals surface area contributed by atoms with E-state index in [1.807, 2.05) is 12.1 Å². The van der Waals surface area contributed by atoms with Gasteiger partial charge >= 0.3 is 0 Å². The van der Waals surface area contributed by atoms with Gasteiger partial charge in [-0.1, -0.05) is 42.5 Å². The Kier molecular flexibility index (Phi) is 6.06. The molecule has 9 heteroatoms. The zero-order valence-corrected chi connectivity index (χ0v) is 22.2. The van der Waals surface area contributed by atoms with Crippen LogP contribution in [0.3, 0.4) is 0 Å². The molecule has 2 aromatic heterocycles. The predicted octanol–water partition coefficient (Wildman–Crippen LogP) is 5.49. The first-order chi connectivity index (χ1) is 18.0. The second-order valence-corrected chi connectivity index (χ2v) is 11.6. The normalized spacial score (nSPS) is 14.8. The van der Waals surface area contributed by atoms with Crippen LogP contribution in [0.2, 0.25) is 0 Å². The number of rotatable bonds is 6. The number of ether oxygens (including phenoxy) is 1. The molecule has 0 spiro atoms. The lowest BCUT2D eigenvalue weighted by Gasteiger charge is -2.26. The Morgan fingerprint density at radius 3 is 2.68 bits per heavy atom. The summed E-state index contributed by atoms with van der Waals surface area (Å²) in [5.41, 5.74) is 6.92. The summed E-state index contributed by atoms with van der Waals surface area (Å²) in [4.78, 5) is 0.224. The lowest BCUT2D eigenvalue weighted by molar-refractivity contribution is 0.414. The van der Waals surface area contributed by atoms with Crippen molar-refractivity contribution in [3.8, 4) is 5.75 Å². The number of para-hydroxylation sites is 1. The molecule has 188 valence electrons. The number of fused-ring (bicyclic) bond motifs is 2. The second-order valence-electron chi connectivity index (χ2n) is 9.15. The third kappa shape index (κ3) is 4.13. The van der Waals surface area contributed by atoms with E-state index in [-0.39, 0.29) is 4.90 Å². The molecule has 0 radical (unpaired) electrons. The molecule has 6 rings (SSSR count). The van der Waals surface area contributed by atoms with Crippen LogP contribution in [0.5, 0.6) is 5.75 Å². The summed E-state index contributed by atoms with van der Waals surface area (Å²) in [5.74, 6) is 0.840. The molecule has 3 aromatic carbocycles. The lowest BCUT2D eigenvalue weighted by Crippen LogP contribution is -2.34. The lowest BCUT2D eigenvalue weighted by atomic mass is 9.97. The van der Waals surface area contributed by atoms with Crippen LogP contribution < -0.4 is 4.74 Å². The molecular formula is C28H26N4O3S2. The van der Waals surface area contributed by atoms with E-state index >= 15 is 0 Å². The van der Waals surface area contributed by atoms with Gasteiger partial charge in [-0.05, 0) is 54.8 Å². The molecule has 0 bridgehead atoms. The summed E-state index contributed by atoms with van der Waals surface area (Å²) in [7, 11) is -2.00. The monoisotopic (exact) mass is 530 g/mol. The maximum Gasteiger partial charge on any atom is 0.245 e. The Morgan fingerprint density at radius 1 is 1.03 bits per heavy atom. The van der Waals surface area contributed by atoms with Crippen molar-refractivity contribution >= 4 is 49.3 Å². The molecule has 5 aromatic rings. The molecule has 0 amide bonds. The zero-order chi connectivity index (χ0) is 25.6. The number of hydrogen-bond donors (Lipinski definition) is 0. The molecular weight excluding hydrogens is 504 g/mol. The van der Waals surface area contributed by atoms with Gasteiger partial charge in [-0.3, -0.25) is 0 Å². The van der Waals surface area contributed by atoms with Gasteiger partial charge in [-0.2, -0.15) is 13.1 Å². The minimum absolute atomic E-state index is 0.224. The van der Waals surface area contributed by atoms with E-state index in [1.54, 1.807) is 25.3 Å². The summed E-state index contributed by atoms with van der Waals surface area (Å²) in [5, 5.41) is 1.18. The molecule has 0 fully saturated rings. The Morgan fingerprint density at radius 2 is 1.86 bits per heavy atom. The van der Waals surface area contributed by atoms with Crippen molar-refractivity contribution in [1.29, 1.82) is 0 Å². The van der Waals surface area contributed by atoms with E-state index in [2.05, 4.69) is 62.7 Å². The number of methoxy groups -OCH3 is 1. The number of nitrogens with zero attached hydrogens (tertiary/aromatic N) is 4. The zero-order valence-electron chi connectivity index (χ0n) is 20.6. The first-order valence-electron chi connectivity index (χ1n) is 12.1. The van der Waals surface area contributed by atoms with Gasteiger partial charge in [0.15, 0.2) is 0 Å². The predicted molar refractivity (Wildman–Crippen MR) is 148 cm³/mol. The quantitative estimate of drug-likeness (QED) is 0.290. The molecule has 1 aliphatic rings. The van der Waals surface area contributed by atoms with Crippen LogP contribution in [0, 0.1) is 6.92 Å². The molecule has 7 nitrogen and oxygen atoms in total. The van der Waals surface area contributed by atoms with Crippen LogP contribution >= 0.6 is 11.7 Å². The van der Waals surface area contributed by atoms with Crippen molar-refractivity contribution in [3.05, 3.63) is 89.6 Å². The molecule has 0 atom stereocenters. The van der Waals surface area contributed by atoms with Crippen LogP contribution in [0.25, 0.3) is 27.5 Å². The summed E-state index contributed by atoms with van der Waals surface area (Å²) in [6, 6.07) is 21.7. The highest BCUT2D eigenvalue weighted by atomic mass is 32.2. The van der Waals surface area contributed by atoms with E-state index in [4.69, 9.17) is 4.74 Å². The second kappa shape index (κ2) is 9.41. The van der Waals surface area contributed by atoms with Gasteiger partial charge < -0.3 is 9.30 Å².